The Labute approximate surface area is 112 Å². The summed E-state index contributed by atoms with van der Waals surface area (Å²) in [5.41, 5.74) is 6.43. The van der Waals surface area contributed by atoms with Crippen molar-refractivity contribution in [3.05, 3.63) is 0 Å². The topological polar surface area (TPSA) is 38.5 Å². The molecule has 1 saturated heterocycles. The van der Waals surface area contributed by atoms with Gasteiger partial charge in [0, 0.05) is 25.2 Å². The van der Waals surface area contributed by atoms with Gasteiger partial charge in [-0.25, -0.2) is 0 Å². The third-order valence-corrected chi connectivity index (χ3v) is 5.32. The molecule has 2 N–H and O–H groups in total. The number of hydrogen-bond acceptors (Lipinski definition) is 3. The molecular formula is C15H30N2O. The van der Waals surface area contributed by atoms with E-state index in [0.717, 1.165) is 12.5 Å². The molecule has 1 saturated carbocycles. The Morgan fingerprint density at radius 2 is 1.89 bits per heavy atom. The molecule has 0 aromatic rings. The maximum absolute atomic E-state index is 6.17. The van der Waals surface area contributed by atoms with Gasteiger partial charge in [-0.3, -0.25) is 4.90 Å². The Bertz CT molecular complexity index is 261. The molecule has 2 aliphatic rings. The highest BCUT2D eigenvalue weighted by molar-refractivity contribution is 4.99. The first-order chi connectivity index (χ1) is 8.61. The molecule has 2 atom stereocenters. The minimum absolute atomic E-state index is 0.259. The zero-order valence-corrected chi connectivity index (χ0v) is 12.3. The lowest BCUT2D eigenvalue weighted by molar-refractivity contribution is -0.0413. The second-order valence-corrected chi connectivity index (χ2v) is 6.54. The van der Waals surface area contributed by atoms with E-state index in [1.165, 1.54) is 45.1 Å². The summed E-state index contributed by atoms with van der Waals surface area (Å²) in [7, 11) is 1.84. The molecule has 18 heavy (non-hydrogen) atoms. The molecule has 1 aliphatic carbocycles. The van der Waals surface area contributed by atoms with Gasteiger partial charge in [0.25, 0.3) is 0 Å². The van der Waals surface area contributed by atoms with Crippen LogP contribution in [0.4, 0.5) is 0 Å². The first-order valence-corrected chi connectivity index (χ1v) is 7.61. The molecular weight excluding hydrogens is 224 g/mol. The summed E-state index contributed by atoms with van der Waals surface area (Å²) < 4.78 is 5.50. The van der Waals surface area contributed by atoms with Crippen LogP contribution in [-0.4, -0.2) is 42.8 Å². The molecule has 2 rings (SSSR count). The average molecular weight is 254 g/mol. The van der Waals surface area contributed by atoms with Crippen molar-refractivity contribution in [1.29, 1.82) is 0 Å². The van der Waals surface area contributed by atoms with Crippen molar-refractivity contribution in [1.82, 2.24) is 4.90 Å². The zero-order chi connectivity index (χ0) is 13.2. The smallest absolute Gasteiger partial charge is 0.0572 e. The molecule has 0 aromatic carbocycles. The van der Waals surface area contributed by atoms with Crippen LogP contribution in [0.3, 0.4) is 0 Å². The van der Waals surface area contributed by atoms with E-state index in [1.807, 2.05) is 7.11 Å². The normalized spacial score (nSPS) is 43.0. The molecule has 2 unspecified atom stereocenters. The van der Waals surface area contributed by atoms with Crippen LogP contribution in [-0.2, 0) is 4.74 Å². The van der Waals surface area contributed by atoms with E-state index in [-0.39, 0.29) is 5.54 Å². The van der Waals surface area contributed by atoms with Crippen LogP contribution in [0.25, 0.3) is 0 Å². The number of rotatable bonds is 3. The lowest BCUT2D eigenvalue weighted by atomic mass is 9.76. The van der Waals surface area contributed by atoms with Crippen LogP contribution >= 0.6 is 0 Å². The van der Waals surface area contributed by atoms with Crippen molar-refractivity contribution in [2.75, 3.05) is 20.2 Å². The highest BCUT2D eigenvalue weighted by atomic mass is 16.5. The van der Waals surface area contributed by atoms with Gasteiger partial charge in [0.15, 0.2) is 0 Å². The van der Waals surface area contributed by atoms with Gasteiger partial charge >= 0.3 is 0 Å². The minimum Gasteiger partial charge on any atom is -0.381 e. The molecule has 3 heteroatoms. The Kier molecular flexibility index (Phi) is 4.68. The molecule has 0 spiro atoms. The number of nitrogens with two attached hydrogens (primary N) is 1. The van der Waals surface area contributed by atoms with Crippen LogP contribution in [0.1, 0.15) is 52.4 Å². The lowest BCUT2D eigenvalue weighted by Crippen LogP contribution is -2.61. The van der Waals surface area contributed by atoms with E-state index in [1.54, 1.807) is 0 Å². The number of nitrogens with zero attached hydrogens (tertiary/aromatic N) is 1. The van der Waals surface area contributed by atoms with Gasteiger partial charge in [0.05, 0.1) is 6.10 Å². The highest BCUT2D eigenvalue weighted by Gasteiger charge is 2.42. The summed E-state index contributed by atoms with van der Waals surface area (Å²) in [6.45, 7) is 6.81. The molecule has 106 valence electrons. The van der Waals surface area contributed by atoms with Gasteiger partial charge in [-0.1, -0.05) is 6.92 Å². The molecule has 2 fully saturated rings. The van der Waals surface area contributed by atoms with Crippen LogP contribution in [0.15, 0.2) is 0 Å². The Hall–Kier alpha value is -0.120. The van der Waals surface area contributed by atoms with Gasteiger partial charge in [0.1, 0.15) is 0 Å². The molecule has 0 aromatic heterocycles. The summed E-state index contributed by atoms with van der Waals surface area (Å²) in [6, 6.07) is 0.691. The molecule has 0 amide bonds. The molecule has 0 radical (unpaired) electrons. The Morgan fingerprint density at radius 3 is 2.39 bits per heavy atom. The van der Waals surface area contributed by atoms with Crippen LogP contribution in [0.5, 0.6) is 0 Å². The largest absolute Gasteiger partial charge is 0.381 e. The van der Waals surface area contributed by atoms with E-state index in [0.29, 0.717) is 12.1 Å². The van der Waals surface area contributed by atoms with Crippen LogP contribution < -0.4 is 5.73 Å². The second-order valence-electron chi connectivity index (χ2n) is 6.54. The van der Waals surface area contributed by atoms with Gasteiger partial charge in [-0.05, 0) is 57.9 Å². The second kappa shape index (κ2) is 5.89. The first kappa shape index (κ1) is 14.3. The lowest BCUT2D eigenvalue weighted by Gasteiger charge is -2.52. The van der Waals surface area contributed by atoms with Crippen molar-refractivity contribution in [2.45, 2.75) is 70.1 Å². The Morgan fingerprint density at radius 1 is 1.22 bits per heavy atom. The predicted octanol–water partition coefficient (Wildman–Crippen LogP) is 2.39. The zero-order valence-electron chi connectivity index (χ0n) is 12.3. The van der Waals surface area contributed by atoms with Gasteiger partial charge < -0.3 is 10.5 Å². The summed E-state index contributed by atoms with van der Waals surface area (Å²) in [5, 5.41) is 0. The number of methoxy groups -OCH3 is 1. The van der Waals surface area contributed by atoms with E-state index < -0.39 is 0 Å². The van der Waals surface area contributed by atoms with Crippen molar-refractivity contribution >= 4 is 0 Å². The third-order valence-electron chi connectivity index (χ3n) is 5.32. The average Bonchev–Trinajstić information content (AvgIpc) is 2.39. The minimum atomic E-state index is 0.259. The monoisotopic (exact) mass is 254 g/mol. The maximum atomic E-state index is 6.17. The third kappa shape index (κ3) is 2.73. The highest BCUT2D eigenvalue weighted by Crippen LogP contribution is 2.38. The standard InChI is InChI=1S/C15H30N2O/c1-12-6-9-17(13(2)10-12)15(11-16)7-4-14(18-3)5-8-15/h12-14H,4-11,16H2,1-3H3. The quantitative estimate of drug-likeness (QED) is 0.840. The number of hydrogen-bond donors (Lipinski definition) is 1. The van der Waals surface area contributed by atoms with Crippen molar-refractivity contribution in [2.24, 2.45) is 11.7 Å². The van der Waals surface area contributed by atoms with Crippen molar-refractivity contribution in [3.8, 4) is 0 Å². The van der Waals surface area contributed by atoms with Crippen molar-refractivity contribution in [3.63, 3.8) is 0 Å². The maximum Gasteiger partial charge on any atom is 0.0572 e. The summed E-state index contributed by atoms with van der Waals surface area (Å²) in [5.74, 6) is 0.876. The fourth-order valence-corrected chi connectivity index (χ4v) is 4.08. The van der Waals surface area contributed by atoms with Gasteiger partial charge in [-0.2, -0.15) is 0 Å². The fraction of sp³-hybridized carbons (Fsp3) is 1.00. The molecule has 3 nitrogen and oxygen atoms in total. The van der Waals surface area contributed by atoms with Gasteiger partial charge in [0.2, 0.25) is 0 Å². The van der Waals surface area contributed by atoms with Crippen LogP contribution in [0, 0.1) is 5.92 Å². The van der Waals surface area contributed by atoms with Gasteiger partial charge in [-0.15, -0.1) is 0 Å². The van der Waals surface area contributed by atoms with E-state index >= 15 is 0 Å². The van der Waals surface area contributed by atoms with Crippen LogP contribution in [0.2, 0.25) is 0 Å². The van der Waals surface area contributed by atoms with Crippen molar-refractivity contribution < 1.29 is 4.74 Å². The summed E-state index contributed by atoms with van der Waals surface area (Å²) >= 11 is 0. The Balaban J connectivity index is 2.04. The van der Waals surface area contributed by atoms with E-state index in [2.05, 4.69) is 18.7 Å². The van der Waals surface area contributed by atoms with E-state index in [4.69, 9.17) is 10.5 Å². The molecule has 0 bridgehead atoms. The number of likely N-dealkylation sites (tertiary alicyclic amines) is 1. The molecule has 1 aliphatic heterocycles. The SMILES string of the molecule is COC1CCC(CN)(N2CCC(C)CC2C)CC1. The summed E-state index contributed by atoms with van der Waals surface area (Å²) in [6.07, 6.45) is 7.89. The number of ether oxygens (including phenoxy) is 1. The molecule has 1 heterocycles. The predicted molar refractivity (Wildman–Crippen MR) is 75.6 cm³/mol. The van der Waals surface area contributed by atoms with E-state index in [9.17, 15) is 0 Å². The number of piperidine rings is 1. The fourth-order valence-electron chi connectivity index (χ4n) is 4.08. The first-order valence-electron chi connectivity index (χ1n) is 7.61. The summed E-state index contributed by atoms with van der Waals surface area (Å²) in [4.78, 5) is 2.72.